The number of rotatable bonds is 8. The van der Waals surface area contributed by atoms with Gasteiger partial charge in [-0.05, 0) is 60.4 Å². The van der Waals surface area contributed by atoms with Gasteiger partial charge in [-0.25, -0.2) is 4.79 Å². The van der Waals surface area contributed by atoms with Crippen LogP contribution in [0.1, 0.15) is 58.8 Å². The molecule has 2 fully saturated rings. The van der Waals surface area contributed by atoms with E-state index in [4.69, 9.17) is 4.74 Å². The molecule has 7 nitrogen and oxygen atoms in total. The number of benzene rings is 2. The van der Waals surface area contributed by atoms with Gasteiger partial charge < -0.3 is 10.1 Å². The Morgan fingerprint density at radius 2 is 1.89 bits per heavy atom. The lowest BCUT2D eigenvalue weighted by molar-refractivity contribution is -0.131. The Kier molecular flexibility index (Phi) is 8.48. The lowest BCUT2D eigenvalue weighted by atomic mass is 9.89. The van der Waals surface area contributed by atoms with E-state index < -0.39 is 23.6 Å². The average molecular weight is 491 g/mol. The third-order valence-corrected chi connectivity index (χ3v) is 7.39. The highest BCUT2D eigenvalue weighted by Crippen LogP contribution is 2.28. The summed E-state index contributed by atoms with van der Waals surface area (Å²) >= 11 is 0. The number of carbonyl (C=O) groups is 2. The van der Waals surface area contributed by atoms with E-state index in [0.717, 1.165) is 23.9 Å². The maximum absolute atomic E-state index is 13.3. The van der Waals surface area contributed by atoms with Crippen LogP contribution in [0.4, 0.5) is 10.5 Å². The lowest BCUT2D eigenvalue weighted by Crippen LogP contribution is -2.53. The Morgan fingerprint density at radius 3 is 2.61 bits per heavy atom. The second kappa shape index (κ2) is 11.7. The number of fused-ring (bicyclic) bond motifs is 1. The standard InChI is InChI=1S/C29H38N4O3/c1-21(2)16-26(36-28(35)31-25-13-12-23-10-6-7-11-24(23)17-25)27(34)32-29(19-30)14-15-33(20-29)18-22-8-4-3-5-9-22/h6-7,10-13,17,21-22,26H,3-5,8-9,14-16,18,20H2,1-2H3,(H,31,35)(H,32,34). The van der Waals surface area contributed by atoms with Crippen molar-refractivity contribution in [1.29, 1.82) is 5.26 Å². The number of amides is 2. The molecule has 2 aliphatic rings. The van der Waals surface area contributed by atoms with E-state index in [1.807, 2.05) is 56.3 Å². The molecule has 2 aromatic rings. The summed E-state index contributed by atoms with van der Waals surface area (Å²) in [6.07, 6.45) is 5.70. The molecule has 0 bridgehead atoms. The monoisotopic (exact) mass is 490 g/mol. The van der Waals surface area contributed by atoms with Gasteiger partial charge in [0.05, 0.1) is 6.07 Å². The van der Waals surface area contributed by atoms with Crippen LogP contribution in [-0.4, -0.2) is 48.2 Å². The molecular formula is C29H38N4O3. The SMILES string of the molecule is CC(C)CC(OC(=O)Nc1ccc2ccccc2c1)C(=O)NC1(C#N)CCN(CC2CCCCC2)C1. The Bertz CT molecular complexity index is 1110. The molecule has 4 rings (SSSR count). The molecule has 1 saturated carbocycles. The molecule has 1 aliphatic heterocycles. The van der Waals surface area contributed by atoms with Crippen molar-refractivity contribution < 1.29 is 14.3 Å². The van der Waals surface area contributed by atoms with E-state index >= 15 is 0 Å². The molecule has 2 atom stereocenters. The van der Waals surface area contributed by atoms with Gasteiger partial charge in [0.1, 0.15) is 5.54 Å². The Hall–Kier alpha value is -3.11. The largest absolute Gasteiger partial charge is 0.436 e. The molecule has 2 aromatic carbocycles. The average Bonchev–Trinajstić information content (AvgIpc) is 3.26. The number of carbonyl (C=O) groups excluding carboxylic acids is 2. The minimum absolute atomic E-state index is 0.138. The fraction of sp³-hybridized carbons (Fsp3) is 0.552. The molecule has 36 heavy (non-hydrogen) atoms. The summed E-state index contributed by atoms with van der Waals surface area (Å²) in [4.78, 5) is 28.3. The molecule has 2 amide bonds. The van der Waals surface area contributed by atoms with Gasteiger partial charge in [-0.15, -0.1) is 0 Å². The van der Waals surface area contributed by atoms with Gasteiger partial charge in [0.15, 0.2) is 6.10 Å². The molecular weight excluding hydrogens is 452 g/mol. The van der Waals surface area contributed by atoms with Crippen molar-refractivity contribution in [3.63, 3.8) is 0 Å². The molecule has 7 heteroatoms. The summed E-state index contributed by atoms with van der Waals surface area (Å²) in [5, 5.41) is 17.8. The minimum atomic E-state index is -0.969. The normalized spacial score (nSPS) is 21.7. The quantitative estimate of drug-likeness (QED) is 0.512. The Balaban J connectivity index is 1.37. The van der Waals surface area contributed by atoms with E-state index in [1.165, 1.54) is 32.1 Å². The van der Waals surface area contributed by atoms with Gasteiger partial charge >= 0.3 is 6.09 Å². The van der Waals surface area contributed by atoms with Crippen molar-refractivity contribution >= 4 is 28.5 Å². The van der Waals surface area contributed by atoms with Crippen LogP contribution in [0.5, 0.6) is 0 Å². The number of ether oxygens (including phenoxy) is 1. The van der Waals surface area contributed by atoms with Crippen LogP contribution in [0.2, 0.25) is 0 Å². The van der Waals surface area contributed by atoms with Crippen LogP contribution in [0.3, 0.4) is 0 Å². The summed E-state index contributed by atoms with van der Waals surface area (Å²) in [7, 11) is 0. The highest BCUT2D eigenvalue weighted by Gasteiger charge is 2.42. The second-order valence-corrected chi connectivity index (χ2v) is 10.9. The molecule has 192 valence electrons. The van der Waals surface area contributed by atoms with Crippen LogP contribution in [0.15, 0.2) is 42.5 Å². The van der Waals surface area contributed by atoms with Crippen molar-refractivity contribution in [1.82, 2.24) is 10.2 Å². The second-order valence-electron chi connectivity index (χ2n) is 10.9. The van der Waals surface area contributed by atoms with Crippen molar-refractivity contribution in [3.8, 4) is 6.07 Å². The van der Waals surface area contributed by atoms with E-state index in [0.29, 0.717) is 31.0 Å². The van der Waals surface area contributed by atoms with Crippen LogP contribution in [0.25, 0.3) is 10.8 Å². The predicted octanol–water partition coefficient (Wildman–Crippen LogP) is 5.47. The first-order chi connectivity index (χ1) is 17.4. The number of hydrogen-bond acceptors (Lipinski definition) is 5. The maximum Gasteiger partial charge on any atom is 0.412 e. The highest BCUT2D eigenvalue weighted by atomic mass is 16.6. The van der Waals surface area contributed by atoms with Gasteiger partial charge in [-0.3, -0.25) is 15.0 Å². The van der Waals surface area contributed by atoms with E-state index in [9.17, 15) is 14.9 Å². The first-order valence-corrected chi connectivity index (χ1v) is 13.3. The molecule has 0 aromatic heterocycles. The summed E-state index contributed by atoms with van der Waals surface area (Å²) < 4.78 is 5.60. The fourth-order valence-electron chi connectivity index (χ4n) is 5.50. The van der Waals surface area contributed by atoms with Gasteiger partial charge in [-0.2, -0.15) is 5.26 Å². The zero-order valence-corrected chi connectivity index (χ0v) is 21.5. The van der Waals surface area contributed by atoms with Gasteiger partial charge in [-0.1, -0.05) is 63.4 Å². The van der Waals surface area contributed by atoms with Crippen molar-refractivity contribution in [2.45, 2.75) is 70.4 Å². The summed E-state index contributed by atoms with van der Waals surface area (Å²) in [6, 6.07) is 15.9. The number of nitriles is 1. The zero-order chi connectivity index (χ0) is 25.5. The first-order valence-electron chi connectivity index (χ1n) is 13.3. The number of hydrogen-bond donors (Lipinski definition) is 2. The van der Waals surface area contributed by atoms with Crippen molar-refractivity contribution in [2.24, 2.45) is 11.8 Å². The minimum Gasteiger partial charge on any atom is -0.436 e. The smallest absolute Gasteiger partial charge is 0.412 e. The Morgan fingerprint density at radius 1 is 1.14 bits per heavy atom. The number of nitrogens with zero attached hydrogens (tertiary/aromatic N) is 2. The molecule has 2 N–H and O–H groups in total. The van der Waals surface area contributed by atoms with Crippen molar-refractivity contribution in [3.05, 3.63) is 42.5 Å². The highest BCUT2D eigenvalue weighted by molar-refractivity contribution is 5.92. The van der Waals surface area contributed by atoms with Crippen LogP contribution in [0, 0.1) is 23.2 Å². The Labute approximate surface area is 214 Å². The van der Waals surface area contributed by atoms with Crippen LogP contribution in [-0.2, 0) is 9.53 Å². The van der Waals surface area contributed by atoms with Crippen LogP contribution >= 0.6 is 0 Å². The lowest BCUT2D eigenvalue weighted by Gasteiger charge is -2.29. The summed E-state index contributed by atoms with van der Waals surface area (Å²) in [6.45, 7) is 6.25. The number of anilines is 1. The molecule has 2 unspecified atom stereocenters. The molecule has 1 heterocycles. The topological polar surface area (TPSA) is 94.5 Å². The van der Waals surface area contributed by atoms with Crippen LogP contribution < -0.4 is 10.6 Å². The first kappa shape index (κ1) is 26.0. The van der Waals surface area contributed by atoms with E-state index in [1.54, 1.807) is 0 Å². The number of nitrogens with one attached hydrogen (secondary N) is 2. The van der Waals surface area contributed by atoms with Gasteiger partial charge in [0.25, 0.3) is 5.91 Å². The summed E-state index contributed by atoms with van der Waals surface area (Å²) in [5.41, 5.74) is -0.343. The fourth-order valence-corrected chi connectivity index (χ4v) is 5.50. The van der Waals surface area contributed by atoms with E-state index in [2.05, 4.69) is 21.6 Å². The molecule has 0 spiro atoms. The summed E-state index contributed by atoms with van der Waals surface area (Å²) in [5.74, 6) is 0.414. The maximum atomic E-state index is 13.3. The molecule has 1 saturated heterocycles. The predicted molar refractivity (Wildman–Crippen MR) is 141 cm³/mol. The van der Waals surface area contributed by atoms with Crippen molar-refractivity contribution in [2.75, 3.05) is 25.0 Å². The zero-order valence-electron chi connectivity index (χ0n) is 21.5. The van der Waals surface area contributed by atoms with Gasteiger partial charge in [0.2, 0.25) is 0 Å². The third-order valence-electron chi connectivity index (χ3n) is 7.39. The third kappa shape index (κ3) is 6.76. The van der Waals surface area contributed by atoms with Gasteiger partial charge in [0, 0.05) is 25.3 Å². The molecule has 1 aliphatic carbocycles. The van der Waals surface area contributed by atoms with E-state index in [-0.39, 0.29) is 5.92 Å². The number of likely N-dealkylation sites (tertiary alicyclic amines) is 1. The molecule has 0 radical (unpaired) electrons.